The number of hydrogen-bond acceptors (Lipinski definition) is 3. The quantitative estimate of drug-likeness (QED) is 0.738. The van der Waals surface area contributed by atoms with Crippen molar-refractivity contribution in [1.29, 1.82) is 0 Å². The summed E-state index contributed by atoms with van der Waals surface area (Å²) in [4.78, 5) is 0. The molecule has 3 nitrogen and oxygen atoms in total. The van der Waals surface area contributed by atoms with E-state index in [9.17, 15) is 10.2 Å². The maximum Gasteiger partial charge on any atom is 0.165 e. The highest BCUT2D eigenvalue weighted by molar-refractivity contribution is 5.80. The minimum atomic E-state index is -0.109. The van der Waals surface area contributed by atoms with Crippen LogP contribution in [0.1, 0.15) is 58.2 Å². The van der Waals surface area contributed by atoms with Crippen LogP contribution in [0.3, 0.4) is 0 Å². The summed E-state index contributed by atoms with van der Waals surface area (Å²) in [6.45, 7) is 14.6. The van der Waals surface area contributed by atoms with Crippen molar-refractivity contribution in [1.82, 2.24) is 0 Å². The molecule has 3 heteroatoms. The van der Waals surface area contributed by atoms with Crippen LogP contribution in [-0.4, -0.2) is 17.3 Å². The van der Waals surface area contributed by atoms with E-state index in [0.717, 1.165) is 16.7 Å². The van der Waals surface area contributed by atoms with Crippen LogP contribution >= 0.6 is 0 Å². The zero-order chi connectivity index (χ0) is 19.2. The van der Waals surface area contributed by atoms with Gasteiger partial charge in [-0.25, -0.2) is 0 Å². The van der Waals surface area contributed by atoms with Crippen molar-refractivity contribution in [3.63, 3.8) is 0 Å². The standard InChI is InChI=1S/C22H30O3/c1-13-9-14(21(2,3)4)10-16(19(13)23)17-11-15(22(5,6)7)12-18(25-8)20(17)24/h9-12,23-24H,1-8H3. The number of benzene rings is 2. The highest BCUT2D eigenvalue weighted by Crippen LogP contribution is 2.45. The third-order valence-electron chi connectivity index (χ3n) is 4.62. The predicted molar refractivity (Wildman–Crippen MR) is 104 cm³/mol. The van der Waals surface area contributed by atoms with Crippen molar-refractivity contribution in [2.45, 2.75) is 59.3 Å². The van der Waals surface area contributed by atoms with E-state index in [1.807, 2.05) is 31.2 Å². The first-order chi connectivity index (χ1) is 11.4. The molecule has 136 valence electrons. The summed E-state index contributed by atoms with van der Waals surface area (Å²) >= 11 is 0. The highest BCUT2D eigenvalue weighted by Gasteiger charge is 2.24. The molecule has 0 fully saturated rings. The summed E-state index contributed by atoms with van der Waals surface area (Å²) in [7, 11) is 1.54. The average Bonchev–Trinajstić information content (AvgIpc) is 2.48. The zero-order valence-electron chi connectivity index (χ0n) is 16.6. The third kappa shape index (κ3) is 3.76. The van der Waals surface area contributed by atoms with Gasteiger partial charge in [-0.3, -0.25) is 0 Å². The SMILES string of the molecule is COc1cc(C(C)(C)C)cc(-c2cc(C(C)(C)C)cc(C)c2O)c1O. The fourth-order valence-electron chi connectivity index (χ4n) is 2.82. The number of hydrogen-bond donors (Lipinski definition) is 2. The molecule has 0 aromatic heterocycles. The lowest BCUT2D eigenvalue weighted by Crippen LogP contribution is -2.12. The Morgan fingerprint density at radius 1 is 0.720 bits per heavy atom. The maximum atomic E-state index is 10.7. The van der Waals surface area contributed by atoms with Gasteiger partial charge in [-0.05, 0) is 52.6 Å². The van der Waals surface area contributed by atoms with E-state index in [0.29, 0.717) is 16.9 Å². The zero-order valence-corrected chi connectivity index (χ0v) is 16.6. The molecule has 0 radical (unpaired) electrons. The van der Waals surface area contributed by atoms with Gasteiger partial charge in [0.1, 0.15) is 5.75 Å². The number of phenols is 2. The van der Waals surface area contributed by atoms with Crippen LogP contribution < -0.4 is 4.74 Å². The molecule has 0 heterocycles. The van der Waals surface area contributed by atoms with E-state index < -0.39 is 0 Å². The molecule has 2 N–H and O–H groups in total. The molecule has 2 aromatic carbocycles. The monoisotopic (exact) mass is 342 g/mol. The number of phenolic OH excluding ortho intramolecular Hbond substituents is 2. The molecule has 0 saturated carbocycles. The predicted octanol–water partition coefficient (Wildman–Crippen LogP) is 5.68. The Morgan fingerprint density at radius 3 is 1.60 bits per heavy atom. The molecular formula is C22H30O3. The second-order valence-electron chi connectivity index (χ2n) is 8.76. The molecule has 0 aliphatic heterocycles. The Kier molecular flexibility index (Phi) is 4.82. The van der Waals surface area contributed by atoms with E-state index in [1.54, 1.807) is 7.11 Å². The molecule has 2 aromatic rings. The van der Waals surface area contributed by atoms with Crippen molar-refractivity contribution in [3.8, 4) is 28.4 Å². The minimum Gasteiger partial charge on any atom is -0.507 e. The first-order valence-corrected chi connectivity index (χ1v) is 8.62. The topological polar surface area (TPSA) is 49.7 Å². The van der Waals surface area contributed by atoms with Crippen LogP contribution in [-0.2, 0) is 10.8 Å². The minimum absolute atomic E-state index is 0.0521. The van der Waals surface area contributed by atoms with Gasteiger partial charge in [-0.2, -0.15) is 0 Å². The van der Waals surface area contributed by atoms with E-state index in [2.05, 4.69) is 41.5 Å². The van der Waals surface area contributed by atoms with Crippen molar-refractivity contribution in [2.75, 3.05) is 7.11 Å². The molecule has 0 aliphatic rings. The van der Waals surface area contributed by atoms with E-state index in [4.69, 9.17) is 4.74 Å². The van der Waals surface area contributed by atoms with Crippen molar-refractivity contribution in [3.05, 3.63) is 41.0 Å². The Morgan fingerprint density at radius 2 is 1.16 bits per heavy atom. The number of rotatable bonds is 2. The lowest BCUT2D eigenvalue weighted by Gasteiger charge is -2.24. The van der Waals surface area contributed by atoms with E-state index in [1.165, 1.54) is 0 Å². The summed E-state index contributed by atoms with van der Waals surface area (Å²) in [5, 5.41) is 21.4. The molecule has 0 spiro atoms. The Bertz CT molecular complexity index is 790. The van der Waals surface area contributed by atoms with Crippen LogP contribution in [0.2, 0.25) is 0 Å². The van der Waals surface area contributed by atoms with Crippen LogP contribution in [0.25, 0.3) is 11.1 Å². The van der Waals surface area contributed by atoms with E-state index in [-0.39, 0.29) is 22.3 Å². The molecule has 0 saturated heterocycles. The summed E-state index contributed by atoms with van der Waals surface area (Å²) in [6.07, 6.45) is 0. The second-order valence-corrected chi connectivity index (χ2v) is 8.76. The van der Waals surface area contributed by atoms with Crippen LogP contribution in [0, 0.1) is 6.92 Å². The first-order valence-electron chi connectivity index (χ1n) is 8.62. The Hall–Kier alpha value is -2.16. The molecular weight excluding hydrogens is 312 g/mol. The molecule has 0 unspecified atom stereocenters. The number of aryl methyl sites for hydroxylation is 1. The van der Waals surface area contributed by atoms with Crippen molar-refractivity contribution in [2.24, 2.45) is 0 Å². The van der Waals surface area contributed by atoms with Gasteiger partial charge in [-0.1, -0.05) is 47.6 Å². The lowest BCUT2D eigenvalue weighted by molar-refractivity contribution is 0.372. The molecule has 0 amide bonds. The van der Waals surface area contributed by atoms with Gasteiger partial charge in [0, 0.05) is 11.1 Å². The second kappa shape index (κ2) is 6.29. The molecule has 0 aliphatic carbocycles. The number of aromatic hydroxyl groups is 2. The number of ether oxygens (including phenoxy) is 1. The largest absolute Gasteiger partial charge is 0.507 e. The normalized spacial score (nSPS) is 12.3. The third-order valence-corrected chi connectivity index (χ3v) is 4.62. The summed E-state index contributed by atoms with van der Waals surface area (Å²) in [5.41, 5.74) is 3.99. The number of methoxy groups -OCH3 is 1. The molecule has 25 heavy (non-hydrogen) atoms. The fourth-order valence-corrected chi connectivity index (χ4v) is 2.82. The first kappa shape index (κ1) is 19.2. The molecule has 2 rings (SSSR count). The highest BCUT2D eigenvalue weighted by atomic mass is 16.5. The van der Waals surface area contributed by atoms with Gasteiger partial charge < -0.3 is 14.9 Å². The van der Waals surface area contributed by atoms with Gasteiger partial charge in [0.25, 0.3) is 0 Å². The van der Waals surface area contributed by atoms with Gasteiger partial charge >= 0.3 is 0 Å². The van der Waals surface area contributed by atoms with Crippen LogP contribution in [0.15, 0.2) is 24.3 Å². The van der Waals surface area contributed by atoms with Crippen LogP contribution in [0.4, 0.5) is 0 Å². The lowest BCUT2D eigenvalue weighted by atomic mass is 9.82. The summed E-state index contributed by atoms with van der Waals surface area (Å²) in [5.74, 6) is 0.660. The average molecular weight is 342 g/mol. The molecule has 0 atom stereocenters. The smallest absolute Gasteiger partial charge is 0.165 e. The Labute approximate surface area is 151 Å². The fraction of sp³-hybridized carbons (Fsp3) is 0.455. The van der Waals surface area contributed by atoms with Gasteiger partial charge in [0.05, 0.1) is 7.11 Å². The van der Waals surface area contributed by atoms with E-state index >= 15 is 0 Å². The maximum absolute atomic E-state index is 10.7. The van der Waals surface area contributed by atoms with Crippen LogP contribution in [0.5, 0.6) is 17.2 Å². The van der Waals surface area contributed by atoms with Gasteiger partial charge in [-0.15, -0.1) is 0 Å². The molecule has 0 bridgehead atoms. The van der Waals surface area contributed by atoms with Gasteiger partial charge in [0.15, 0.2) is 11.5 Å². The van der Waals surface area contributed by atoms with Crippen molar-refractivity contribution < 1.29 is 14.9 Å². The Balaban J connectivity index is 2.84. The van der Waals surface area contributed by atoms with Crippen molar-refractivity contribution >= 4 is 0 Å². The van der Waals surface area contributed by atoms with Gasteiger partial charge in [0.2, 0.25) is 0 Å². The summed E-state index contributed by atoms with van der Waals surface area (Å²) in [6, 6.07) is 7.76. The summed E-state index contributed by atoms with van der Waals surface area (Å²) < 4.78 is 5.38.